The third-order valence-corrected chi connectivity index (χ3v) is 1.63. The van der Waals surface area contributed by atoms with Crippen molar-refractivity contribution in [3.8, 4) is 6.07 Å². The van der Waals surface area contributed by atoms with E-state index in [0.29, 0.717) is 12.1 Å². The van der Waals surface area contributed by atoms with E-state index < -0.39 is 0 Å². The Morgan fingerprint density at radius 1 is 1.45 bits per heavy atom. The average molecular weight is 143 g/mol. The van der Waals surface area contributed by atoms with Gasteiger partial charge in [0.15, 0.2) is 0 Å². The SMILES string of the molecule is N#Cc1ccc2c(c1)N=NC2. The molecule has 52 valence electrons. The van der Waals surface area contributed by atoms with Crippen molar-refractivity contribution >= 4 is 5.69 Å². The Bertz CT molecular complexity index is 360. The Balaban J connectivity index is 2.58. The lowest BCUT2D eigenvalue weighted by molar-refractivity contribution is 1.04. The van der Waals surface area contributed by atoms with Crippen LogP contribution in [0.15, 0.2) is 28.4 Å². The first kappa shape index (κ1) is 6.05. The highest BCUT2D eigenvalue weighted by Crippen LogP contribution is 2.26. The van der Waals surface area contributed by atoms with Crippen LogP contribution in [0.3, 0.4) is 0 Å². The van der Waals surface area contributed by atoms with Crippen molar-refractivity contribution in [3.05, 3.63) is 29.3 Å². The standard InChI is InChI=1S/C8H5N3/c9-4-6-1-2-7-5-10-11-8(7)3-6/h1-3H,5H2. The number of hydrogen-bond acceptors (Lipinski definition) is 3. The third kappa shape index (κ3) is 0.887. The molecule has 0 saturated heterocycles. The molecule has 0 N–H and O–H groups in total. The highest BCUT2D eigenvalue weighted by Gasteiger charge is 2.06. The number of fused-ring (bicyclic) bond motifs is 1. The van der Waals surface area contributed by atoms with E-state index in [9.17, 15) is 0 Å². The van der Waals surface area contributed by atoms with Gasteiger partial charge in [-0.15, -0.1) is 0 Å². The van der Waals surface area contributed by atoms with E-state index in [1.54, 1.807) is 12.1 Å². The molecule has 1 aromatic carbocycles. The van der Waals surface area contributed by atoms with Gasteiger partial charge >= 0.3 is 0 Å². The summed E-state index contributed by atoms with van der Waals surface area (Å²) in [4.78, 5) is 0. The van der Waals surface area contributed by atoms with Crippen molar-refractivity contribution in [3.63, 3.8) is 0 Å². The number of nitriles is 1. The maximum Gasteiger partial charge on any atom is 0.0992 e. The molecule has 0 unspecified atom stereocenters. The first-order valence-corrected chi connectivity index (χ1v) is 3.31. The van der Waals surface area contributed by atoms with Crippen molar-refractivity contribution < 1.29 is 0 Å². The lowest BCUT2D eigenvalue weighted by atomic mass is 10.1. The zero-order valence-corrected chi connectivity index (χ0v) is 5.78. The molecule has 3 nitrogen and oxygen atoms in total. The Morgan fingerprint density at radius 3 is 3.18 bits per heavy atom. The summed E-state index contributed by atoms with van der Waals surface area (Å²) in [5.41, 5.74) is 2.58. The second-order valence-electron chi connectivity index (χ2n) is 2.35. The van der Waals surface area contributed by atoms with Gasteiger partial charge in [-0.25, -0.2) is 0 Å². The van der Waals surface area contributed by atoms with Gasteiger partial charge in [-0.2, -0.15) is 15.5 Å². The number of hydrogen-bond donors (Lipinski definition) is 0. The van der Waals surface area contributed by atoms with Gasteiger partial charge in [0.1, 0.15) is 0 Å². The molecule has 0 bridgehead atoms. The Morgan fingerprint density at radius 2 is 2.36 bits per heavy atom. The smallest absolute Gasteiger partial charge is 0.0992 e. The normalized spacial score (nSPS) is 12.6. The van der Waals surface area contributed by atoms with Crippen LogP contribution < -0.4 is 0 Å². The van der Waals surface area contributed by atoms with Crippen LogP contribution in [0.2, 0.25) is 0 Å². The predicted octanol–water partition coefficient (Wildman–Crippen LogP) is 2.16. The summed E-state index contributed by atoms with van der Waals surface area (Å²) in [5.74, 6) is 0. The highest BCUT2D eigenvalue weighted by molar-refractivity contribution is 5.52. The lowest BCUT2D eigenvalue weighted by Crippen LogP contribution is -1.77. The molecule has 0 radical (unpaired) electrons. The van der Waals surface area contributed by atoms with Gasteiger partial charge in [0.05, 0.1) is 23.9 Å². The molecule has 0 spiro atoms. The molecule has 1 aromatic rings. The van der Waals surface area contributed by atoms with E-state index in [4.69, 9.17) is 5.26 Å². The Labute approximate surface area is 64.0 Å². The van der Waals surface area contributed by atoms with Crippen LogP contribution in [0.25, 0.3) is 0 Å². The minimum atomic E-state index is 0.643. The van der Waals surface area contributed by atoms with E-state index in [2.05, 4.69) is 16.3 Å². The minimum absolute atomic E-state index is 0.643. The molecule has 0 atom stereocenters. The van der Waals surface area contributed by atoms with E-state index in [1.165, 1.54) is 0 Å². The molecule has 11 heavy (non-hydrogen) atoms. The van der Waals surface area contributed by atoms with Crippen LogP contribution in [0.4, 0.5) is 5.69 Å². The maximum absolute atomic E-state index is 8.55. The molecular formula is C8H5N3. The van der Waals surface area contributed by atoms with Crippen molar-refractivity contribution in [2.24, 2.45) is 10.2 Å². The predicted molar refractivity (Wildman–Crippen MR) is 39.4 cm³/mol. The number of benzene rings is 1. The molecule has 1 aliphatic rings. The second kappa shape index (κ2) is 2.17. The molecule has 0 fully saturated rings. The molecular weight excluding hydrogens is 138 g/mol. The fourth-order valence-corrected chi connectivity index (χ4v) is 1.05. The number of azo groups is 1. The first-order chi connectivity index (χ1) is 5.40. The summed E-state index contributed by atoms with van der Waals surface area (Å²) < 4.78 is 0. The molecule has 0 saturated carbocycles. The summed E-state index contributed by atoms with van der Waals surface area (Å²) in [7, 11) is 0. The summed E-state index contributed by atoms with van der Waals surface area (Å²) in [5, 5.41) is 16.3. The monoisotopic (exact) mass is 143 g/mol. The van der Waals surface area contributed by atoms with Gasteiger partial charge in [0.2, 0.25) is 0 Å². The van der Waals surface area contributed by atoms with Crippen LogP contribution in [0.5, 0.6) is 0 Å². The molecule has 2 rings (SSSR count). The molecule has 3 heteroatoms. The van der Waals surface area contributed by atoms with E-state index >= 15 is 0 Å². The summed E-state index contributed by atoms with van der Waals surface area (Å²) in [6.07, 6.45) is 0. The molecule has 0 aromatic heterocycles. The van der Waals surface area contributed by atoms with Crippen LogP contribution in [-0.2, 0) is 6.54 Å². The zero-order chi connectivity index (χ0) is 7.68. The van der Waals surface area contributed by atoms with Crippen molar-refractivity contribution in [1.29, 1.82) is 5.26 Å². The third-order valence-electron chi connectivity index (χ3n) is 1.63. The Hall–Kier alpha value is -1.69. The number of nitrogens with zero attached hydrogens (tertiary/aromatic N) is 3. The van der Waals surface area contributed by atoms with Gasteiger partial charge < -0.3 is 0 Å². The van der Waals surface area contributed by atoms with E-state index in [0.717, 1.165) is 11.3 Å². The maximum atomic E-state index is 8.55. The average Bonchev–Trinajstić information content (AvgIpc) is 2.50. The van der Waals surface area contributed by atoms with Crippen LogP contribution in [0, 0.1) is 11.3 Å². The van der Waals surface area contributed by atoms with Crippen molar-refractivity contribution in [1.82, 2.24) is 0 Å². The van der Waals surface area contributed by atoms with Crippen LogP contribution in [-0.4, -0.2) is 0 Å². The molecule has 0 aliphatic carbocycles. The molecule has 0 amide bonds. The fraction of sp³-hybridized carbons (Fsp3) is 0.125. The topological polar surface area (TPSA) is 48.5 Å². The van der Waals surface area contributed by atoms with E-state index in [-0.39, 0.29) is 0 Å². The summed E-state index contributed by atoms with van der Waals surface area (Å²) >= 11 is 0. The van der Waals surface area contributed by atoms with Gasteiger partial charge in [-0.05, 0) is 12.1 Å². The lowest BCUT2D eigenvalue weighted by Gasteiger charge is -1.92. The van der Waals surface area contributed by atoms with Crippen molar-refractivity contribution in [2.75, 3.05) is 0 Å². The first-order valence-electron chi connectivity index (χ1n) is 3.31. The summed E-state index contributed by atoms with van der Waals surface area (Å²) in [6.45, 7) is 0.654. The second-order valence-corrected chi connectivity index (χ2v) is 2.35. The highest BCUT2D eigenvalue weighted by atomic mass is 15.1. The number of rotatable bonds is 0. The van der Waals surface area contributed by atoms with Crippen LogP contribution >= 0.6 is 0 Å². The Kier molecular flexibility index (Phi) is 1.19. The van der Waals surface area contributed by atoms with Crippen LogP contribution in [0.1, 0.15) is 11.1 Å². The summed E-state index contributed by atoms with van der Waals surface area (Å²) in [6, 6.07) is 7.49. The molecule has 1 aliphatic heterocycles. The van der Waals surface area contributed by atoms with E-state index in [1.807, 2.05) is 6.07 Å². The van der Waals surface area contributed by atoms with Gasteiger partial charge in [-0.1, -0.05) is 6.07 Å². The van der Waals surface area contributed by atoms with Gasteiger partial charge in [0, 0.05) is 5.56 Å². The quantitative estimate of drug-likeness (QED) is 0.548. The van der Waals surface area contributed by atoms with Gasteiger partial charge in [0.25, 0.3) is 0 Å². The largest absolute Gasteiger partial charge is 0.192 e. The van der Waals surface area contributed by atoms with Gasteiger partial charge in [-0.3, -0.25) is 0 Å². The molecule has 1 heterocycles. The zero-order valence-electron chi connectivity index (χ0n) is 5.78. The minimum Gasteiger partial charge on any atom is -0.192 e. The fourth-order valence-electron chi connectivity index (χ4n) is 1.05. The van der Waals surface area contributed by atoms with Crippen molar-refractivity contribution in [2.45, 2.75) is 6.54 Å².